The summed E-state index contributed by atoms with van der Waals surface area (Å²) >= 11 is 0. The van der Waals surface area contributed by atoms with Gasteiger partial charge in [-0.05, 0) is 30.5 Å². The van der Waals surface area contributed by atoms with Crippen LogP contribution in [0.5, 0.6) is 0 Å². The van der Waals surface area contributed by atoms with Gasteiger partial charge in [0.1, 0.15) is 5.82 Å². The zero-order valence-corrected chi connectivity index (χ0v) is 11.6. The molecule has 3 nitrogen and oxygen atoms in total. The van der Waals surface area contributed by atoms with Crippen molar-refractivity contribution in [3.05, 3.63) is 47.8 Å². The number of nitrogens with zero attached hydrogens (tertiary/aromatic N) is 2. The summed E-state index contributed by atoms with van der Waals surface area (Å²) in [6.07, 6.45) is 3.55. The highest BCUT2D eigenvalue weighted by Gasteiger charge is 2.19. The summed E-state index contributed by atoms with van der Waals surface area (Å²) in [6, 6.07) is 4.79. The van der Waals surface area contributed by atoms with Gasteiger partial charge >= 0.3 is 0 Å². The van der Waals surface area contributed by atoms with E-state index in [2.05, 4.69) is 18.8 Å². The lowest BCUT2D eigenvalue weighted by atomic mass is 9.92. The van der Waals surface area contributed by atoms with Gasteiger partial charge in [0, 0.05) is 24.4 Å². The van der Waals surface area contributed by atoms with Crippen LogP contribution in [-0.2, 0) is 0 Å². The third kappa shape index (κ3) is 2.68. The monoisotopic (exact) mass is 261 g/mol. The number of nitrogens with two attached hydrogens (primary N) is 1. The molecule has 0 fully saturated rings. The highest BCUT2D eigenvalue weighted by atomic mass is 19.1. The van der Waals surface area contributed by atoms with E-state index in [4.69, 9.17) is 5.73 Å². The molecule has 0 aliphatic heterocycles. The van der Waals surface area contributed by atoms with Crippen molar-refractivity contribution in [2.75, 3.05) is 6.54 Å². The van der Waals surface area contributed by atoms with E-state index in [9.17, 15) is 4.39 Å². The average molecular weight is 261 g/mol. The second-order valence-electron chi connectivity index (χ2n) is 5.21. The fourth-order valence-electron chi connectivity index (χ4n) is 2.36. The quantitative estimate of drug-likeness (QED) is 0.919. The van der Waals surface area contributed by atoms with Crippen LogP contribution in [0.2, 0.25) is 0 Å². The normalized spacial score (nSPS) is 12.9. The third-order valence-corrected chi connectivity index (χ3v) is 3.54. The van der Waals surface area contributed by atoms with Crippen LogP contribution in [0.4, 0.5) is 4.39 Å². The molecule has 1 atom stereocenters. The van der Waals surface area contributed by atoms with Crippen LogP contribution in [0.3, 0.4) is 0 Å². The van der Waals surface area contributed by atoms with E-state index < -0.39 is 0 Å². The molecule has 1 aromatic heterocycles. The van der Waals surface area contributed by atoms with Gasteiger partial charge in [-0.2, -0.15) is 0 Å². The van der Waals surface area contributed by atoms with Crippen molar-refractivity contribution in [1.29, 1.82) is 0 Å². The van der Waals surface area contributed by atoms with Crippen molar-refractivity contribution in [3.63, 3.8) is 0 Å². The molecule has 102 valence electrons. The van der Waals surface area contributed by atoms with Crippen LogP contribution in [0.25, 0.3) is 5.69 Å². The number of aromatic nitrogens is 2. The summed E-state index contributed by atoms with van der Waals surface area (Å²) in [6.45, 7) is 6.78. The van der Waals surface area contributed by atoms with Crippen LogP contribution in [0.1, 0.15) is 31.0 Å². The Labute approximate surface area is 113 Å². The first-order valence-corrected chi connectivity index (χ1v) is 6.53. The average Bonchev–Trinajstić information content (AvgIpc) is 2.81. The molecule has 0 spiro atoms. The minimum atomic E-state index is -0.242. The number of halogens is 1. The van der Waals surface area contributed by atoms with Crippen molar-refractivity contribution in [2.24, 2.45) is 11.7 Å². The molecule has 0 bridgehead atoms. The number of aryl methyl sites for hydroxylation is 1. The Kier molecular flexibility index (Phi) is 4.00. The molecule has 0 aliphatic rings. The van der Waals surface area contributed by atoms with Crippen LogP contribution >= 0.6 is 0 Å². The fourth-order valence-corrected chi connectivity index (χ4v) is 2.36. The summed E-state index contributed by atoms with van der Waals surface area (Å²) in [5.74, 6) is 0.383. The van der Waals surface area contributed by atoms with Gasteiger partial charge in [0.15, 0.2) is 0 Å². The molecule has 0 amide bonds. The zero-order chi connectivity index (χ0) is 14.0. The van der Waals surface area contributed by atoms with Crippen LogP contribution < -0.4 is 5.73 Å². The van der Waals surface area contributed by atoms with Crippen LogP contribution in [0, 0.1) is 18.7 Å². The molecule has 0 saturated carbocycles. The Morgan fingerprint density at radius 1 is 1.37 bits per heavy atom. The van der Waals surface area contributed by atoms with Crippen LogP contribution in [0.15, 0.2) is 30.7 Å². The van der Waals surface area contributed by atoms with Crippen molar-refractivity contribution < 1.29 is 4.39 Å². The number of benzene rings is 1. The summed E-state index contributed by atoms with van der Waals surface area (Å²) in [5, 5.41) is 0. The molecule has 19 heavy (non-hydrogen) atoms. The van der Waals surface area contributed by atoms with E-state index in [1.165, 1.54) is 12.1 Å². The maximum absolute atomic E-state index is 13.5. The van der Waals surface area contributed by atoms with Gasteiger partial charge in [-0.25, -0.2) is 9.37 Å². The topological polar surface area (TPSA) is 43.8 Å². The standard InChI is InChI=1S/C15H20FN3/c1-10(2)13(7-17)15-8-18-9-19(15)14-6-12(16)5-4-11(14)3/h4-6,8-10,13H,7,17H2,1-3H3. The summed E-state index contributed by atoms with van der Waals surface area (Å²) in [7, 11) is 0. The smallest absolute Gasteiger partial charge is 0.125 e. The first-order chi connectivity index (χ1) is 9.04. The van der Waals surface area contributed by atoms with Crippen molar-refractivity contribution >= 4 is 0 Å². The van der Waals surface area contributed by atoms with E-state index in [0.29, 0.717) is 12.5 Å². The van der Waals surface area contributed by atoms with Gasteiger partial charge < -0.3 is 10.3 Å². The highest BCUT2D eigenvalue weighted by Crippen LogP contribution is 2.26. The molecule has 1 aromatic carbocycles. The minimum absolute atomic E-state index is 0.213. The molecule has 0 radical (unpaired) electrons. The molecule has 0 aliphatic carbocycles. The van der Waals surface area contributed by atoms with Gasteiger partial charge in [0.2, 0.25) is 0 Å². The summed E-state index contributed by atoms with van der Waals surface area (Å²) < 4.78 is 15.4. The van der Waals surface area contributed by atoms with Crippen molar-refractivity contribution in [3.8, 4) is 5.69 Å². The van der Waals surface area contributed by atoms with E-state index >= 15 is 0 Å². The van der Waals surface area contributed by atoms with E-state index in [-0.39, 0.29) is 11.7 Å². The lowest BCUT2D eigenvalue weighted by molar-refractivity contribution is 0.489. The predicted octanol–water partition coefficient (Wildman–Crippen LogP) is 3.02. The van der Waals surface area contributed by atoms with E-state index in [0.717, 1.165) is 16.9 Å². The highest BCUT2D eigenvalue weighted by molar-refractivity contribution is 5.42. The molecule has 2 rings (SSSR count). The third-order valence-electron chi connectivity index (χ3n) is 3.54. The Morgan fingerprint density at radius 3 is 2.74 bits per heavy atom. The molecule has 2 aromatic rings. The van der Waals surface area contributed by atoms with E-state index in [1.807, 2.05) is 17.7 Å². The predicted molar refractivity (Wildman–Crippen MR) is 74.9 cm³/mol. The van der Waals surface area contributed by atoms with Crippen molar-refractivity contribution in [1.82, 2.24) is 9.55 Å². The van der Waals surface area contributed by atoms with E-state index in [1.54, 1.807) is 12.4 Å². The second kappa shape index (κ2) is 5.53. The summed E-state index contributed by atoms with van der Waals surface area (Å²) in [5.41, 5.74) is 8.74. The first-order valence-electron chi connectivity index (χ1n) is 6.53. The maximum atomic E-state index is 13.5. The number of hydrogen-bond donors (Lipinski definition) is 1. The molecular formula is C15H20FN3. The molecular weight excluding hydrogens is 241 g/mol. The number of rotatable bonds is 4. The second-order valence-corrected chi connectivity index (χ2v) is 5.21. The van der Waals surface area contributed by atoms with Crippen LogP contribution in [-0.4, -0.2) is 16.1 Å². The van der Waals surface area contributed by atoms with Gasteiger partial charge in [-0.15, -0.1) is 0 Å². The lowest BCUT2D eigenvalue weighted by Crippen LogP contribution is -2.20. The first kappa shape index (κ1) is 13.7. The Hall–Kier alpha value is -1.68. The van der Waals surface area contributed by atoms with Gasteiger partial charge in [-0.1, -0.05) is 19.9 Å². The minimum Gasteiger partial charge on any atom is -0.330 e. The summed E-state index contributed by atoms with van der Waals surface area (Å²) in [4.78, 5) is 4.21. The van der Waals surface area contributed by atoms with Crippen molar-refractivity contribution in [2.45, 2.75) is 26.7 Å². The maximum Gasteiger partial charge on any atom is 0.125 e. The largest absolute Gasteiger partial charge is 0.330 e. The molecule has 2 N–H and O–H groups in total. The molecule has 0 saturated heterocycles. The molecule has 1 unspecified atom stereocenters. The fraction of sp³-hybridized carbons (Fsp3) is 0.400. The van der Waals surface area contributed by atoms with Gasteiger partial charge in [0.05, 0.1) is 12.0 Å². The number of imidazole rings is 1. The SMILES string of the molecule is Cc1ccc(F)cc1-n1cncc1C(CN)C(C)C. The Balaban J connectivity index is 2.52. The molecule has 1 heterocycles. The van der Waals surface area contributed by atoms with Gasteiger partial charge in [-0.3, -0.25) is 0 Å². The zero-order valence-electron chi connectivity index (χ0n) is 11.6. The van der Waals surface area contributed by atoms with Gasteiger partial charge in [0.25, 0.3) is 0 Å². The number of hydrogen-bond acceptors (Lipinski definition) is 2. The lowest BCUT2D eigenvalue weighted by Gasteiger charge is -2.21. The Morgan fingerprint density at radius 2 is 2.11 bits per heavy atom. The Bertz CT molecular complexity index is 560. The molecule has 4 heteroatoms.